The third-order valence-corrected chi connectivity index (χ3v) is 4.89. The van der Waals surface area contributed by atoms with E-state index in [-0.39, 0.29) is 18.6 Å². The van der Waals surface area contributed by atoms with Crippen LogP contribution in [0.1, 0.15) is 12.5 Å². The standard InChI is InChI=1S/C16H19ClN6O2S/c1-8(6-24)19-13-12-14(21-15(18)20-12)23-16(22-13)26-7-9-3-4-11(25-2)10(17)5-9/h3-5,8,24H,6-7H2,1-2H3,(H4,18,19,20,21,22,23)/p+1/t8-/m1/s1. The topological polar surface area (TPSA) is 123 Å². The van der Waals surface area contributed by atoms with Gasteiger partial charge in [-0.1, -0.05) is 22.7 Å². The van der Waals surface area contributed by atoms with E-state index in [2.05, 4.69) is 25.3 Å². The fourth-order valence-electron chi connectivity index (χ4n) is 2.35. The Hall–Kier alpha value is -2.23. The zero-order chi connectivity index (χ0) is 18.7. The van der Waals surface area contributed by atoms with Gasteiger partial charge in [-0.3, -0.25) is 5.32 Å². The summed E-state index contributed by atoms with van der Waals surface area (Å²) in [6.07, 6.45) is 0. The van der Waals surface area contributed by atoms with Gasteiger partial charge in [-0.05, 0) is 36.4 Å². The molecule has 26 heavy (non-hydrogen) atoms. The van der Waals surface area contributed by atoms with Crippen molar-refractivity contribution in [3.63, 3.8) is 0 Å². The quantitative estimate of drug-likeness (QED) is 0.356. The number of hydrogen-bond acceptors (Lipinski definition) is 7. The number of nitrogens with two attached hydrogens (primary N) is 1. The molecule has 0 amide bonds. The third-order valence-electron chi connectivity index (χ3n) is 3.65. The number of thioether (sulfide) groups is 1. The highest BCUT2D eigenvalue weighted by Crippen LogP contribution is 2.28. The highest BCUT2D eigenvalue weighted by Gasteiger charge is 2.19. The van der Waals surface area contributed by atoms with E-state index >= 15 is 0 Å². The van der Waals surface area contributed by atoms with Crippen molar-refractivity contribution >= 4 is 46.3 Å². The number of fused-ring (bicyclic) bond motifs is 1. The van der Waals surface area contributed by atoms with E-state index in [0.29, 0.717) is 38.7 Å². The predicted molar refractivity (Wildman–Crippen MR) is 103 cm³/mol. The number of nitrogen functional groups attached to an aromatic ring is 1. The van der Waals surface area contributed by atoms with Crippen molar-refractivity contribution < 1.29 is 14.8 Å². The van der Waals surface area contributed by atoms with E-state index in [0.717, 1.165) is 5.56 Å². The number of halogens is 1. The van der Waals surface area contributed by atoms with Crippen molar-refractivity contribution in [2.75, 3.05) is 24.8 Å². The number of anilines is 2. The fourth-order valence-corrected chi connectivity index (χ4v) is 3.44. The number of methoxy groups -OCH3 is 1. The molecule has 10 heteroatoms. The second kappa shape index (κ2) is 7.98. The highest BCUT2D eigenvalue weighted by molar-refractivity contribution is 7.98. The van der Waals surface area contributed by atoms with Gasteiger partial charge in [0.25, 0.3) is 10.8 Å². The summed E-state index contributed by atoms with van der Waals surface area (Å²) in [4.78, 5) is 14.9. The number of aliphatic hydroxyl groups is 1. The molecule has 0 aliphatic rings. The van der Waals surface area contributed by atoms with Crippen LogP contribution in [-0.4, -0.2) is 39.8 Å². The van der Waals surface area contributed by atoms with Gasteiger partial charge in [-0.15, -0.1) is 0 Å². The van der Waals surface area contributed by atoms with Crippen molar-refractivity contribution in [2.24, 2.45) is 0 Å². The van der Waals surface area contributed by atoms with Crippen LogP contribution in [0.25, 0.3) is 11.2 Å². The number of H-pyrrole nitrogens is 2. The molecule has 0 spiro atoms. The first-order valence-corrected chi connectivity index (χ1v) is 9.27. The van der Waals surface area contributed by atoms with Crippen LogP contribution in [0, 0.1) is 0 Å². The molecule has 8 nitrogen and oxygen atoms in total. The average Bonchev–Trinajstić information content (AvgIpc) is 3.00. The summed E-state index contributed by atoms with van der Waals surface area (Å²) in [5, 5.41) is 13.7. The largest absolute Gasteiger partial charge is 0.495 e. The molecule has 2 heterocycles. The Bertz CT molecular complexity index is 919. The molecule has 6 N–H and O–H groups in total. The molecule has 0 saturated heterocycles. The number of rotatable bonds is 7. The lowest BCUT2D eigenvalue weighted by atomic mass is 10.2. The third kappa shape index (κ3) is 4.12. The highest BCUT2D eigenvalue weighted by atomic mass is 35.5. The average molecular weight is 396 g/mol. The number of imidazole rings is 1. The fraction of sp³-hybridized carbons (Fsp3) is 0.312. The van der Waals surface area contributed by atoms with Gasteiger partial charge in [0, 0.05) is 5.75 Å². The summed E-state index contributed by atoms with van der Waals surface area (Å²) >= 11 is 7.68. The maximum atomic E-state index is 9.29. The van der Waals surface area contributed by atoms with Crippen molar-refractivity contribution in [1.29, 1.82) is 0 Å². The number of aliphatic hydroxyl groups excluding tert-OH is 1. The summed E-state index contributed by atoms with van der Waals surface area (Å²) in [7, 11) is 1.58. The number of benzene rings is 1. The van der Waals surface area contributed by atoms with Crippen LogP contribution in [0.3, 0.4) is 0 Å². The van der Waals surface area contributed by atoms with Gasteiger partial charge in [0.05, 0.1) is 24.8 Å². The van der Waals surface area contributed by atoms with Gasteiger partial charge in [0.1, 0.15) is 5.75 Å². The summed E-state index contributed by atoms with van der Waals surface area (Å²) in [6, 6.07) is 5.52. The van der Waals surface area contributed by atoms with Gasteiger partial charge in [0.2, 0.25) is 11.8 Å². The Balaban J connectivity index is 1.84. The van der Waals surface area contributed by atoms with E-state index in [9.17, 15) is 5.11 Å². The lowest BCUT2D eigenvalue weighted by Gasteiger charge is -2.08. The Morgan fingerprint density at radius 3 is 2.96 bits per heavy atom. The van der Waals surface area contributed by atoms with Crippen LogP contribution in [0.4, 0.5) is 11.8 Å². The maximum absolute atomic E-state index is 9.29. The lowest BCUT2D eigenvalue weighted by molar-refractivity contribution is -0.416. The Morgan fingerprint density at radius 1 is 1.46 bits per heavy atom. The summed E-state index contributed by atoms with van der Waals surface area (Å²) < 4.78 is 5.17. The second-order valence-corrected chi connectivity index (χ2v) is 7.09. The minimum Gasteiger partial charge on any atom is -0.495 e. The van der Waals surface area contributed by atoms with Gasteiger partial charge in [-0.2, -0.15) is 4.98 Å². The van der Waals surface area contributed by atoms with E-state index in [1.807, 2.05) is 25.1 Å². The molecule has 0 aliphatic carbocycles. The van der Waals surface area contributed by atoms with Crippen LogP contribution < -0.4 is 20.8 Å². The molecule has 3 rings (SSSR count). The van der Waals surface area contributed by atoms with Crippen LogP contribution in [-0.2, 0) is 5.75 Å². The zero-order valence-electron chi connectivity index (χ0n) is 14.3. The van der Waals surface area contributed by atoms with Crippen molar-refractivity contribution in [1.82, 2.24) is 15.0 Å². The maximum Gasteiger partial charge on any atom is 0.299 e. The molecular weight excluding hydrogens is 376 g/mol. The molecule has 0 bridgehead atoms. The van der Waals surface area contributed by atoms with Gasteiger partial charge >= 0.3 is 0 Å². The minimum absolute atomic E-state index is 0.00585. The molecule has 0 saturated carbocycles. The lowest BCUT2D eigenvalue weighted by Crippen LogP contribution is -2.26. The SMILES string of the molecule is COc1ccc(CSc2nc3nc(N)[nH]c3c(N[C@H](C)CO)[nH+]2)cc1Cl. The first-order valence-electron chi connectivity index (χ1n) is 7.91. The van der Waals surface area contributed by atoms with Crippen molar-refractivity contribution in [3.8, 4) is 5.75 Å². The molecule has 0 radical (unpaired) electrons. The van der Waals surface area contributed by atoms with Crippen LogP contribution in [0.15, 0.2) is 23.4 Å². The number of aromatic amines is 2. The van der Waals surface area contributed by atoms with Gasteiger partial charge < -0.3 is 20.6 Å². The molecule has 0 aliphatic heterocycles. The molecule has 0 fully saturated rings. The van der Waals surface area contributed by atoms with E-state index in [1.165, 1.54) is 11.8 Å². The molecule has 0 unspecified atom stereocenters. The van der Waals surface area contributed by atoms with Gasteiger partial charge in [-0.25, -0.2) is 4.98 Å². The summed E-state index contributed by atoms with van der Waals surface area (Å²) in [5.74, 6) is 2.26. The zero-order valence-corrected chi connectivity index (χ0v) is 15.9. The van der Waals surface area contributed by atoms with E-state index in [1.54, 1.807) is 7.11 Å². The number of aromatic nitrogens is 4. The summed E-state index contributed by atoms with van der Waals surface area (Å²) in [6.45, 7) is 1.86. The van der Waals surface area contributed by atoms with Crippen LogP contribution in [0.5, 0.6) is 5.75 Å². The molecule has 138 valence electrons. The molecule has 3 aromatic rings. The smallest absolute Gasteiger partial charge is 0.299 e. The van der Waals surface area contributed by atoms with E-state index < -0.39 is 0 Å². The molecule has 1 aromatic carbocycles. The Labute approximate surface area is 159 Å². The summed E-state index contributed by atoms with van der Waals surface area (Å²) in [5.41, 5.74) is 7.96. The van der Waals surface area contributed by atoms with Crippen LogP contribution >= 0.6 is 23.4 Å². The predicted octanol–water partition coefficient (Wildman–Crippen LogP) is 2.10. The minimum atomic E-state index is -0.139. The Kier molecular flexibility index (Phi) is 5.70. The number of nitrogens with one attached hydrogen (secondary N) is 3. The van der Waals surface area contributed by atoms with Crippen molar-refractivity contribution in [2.45, 2.75) is 23.9 Å². The molecular formula is C16H20ClN6O2S+. The normalized spacial score (nSPS) is 12.3. The first-order chi connectivity index (χ1) is 12.5. The first kappa shape index (κ1) is 18.6. The van der Waals surface area contributed by atoms with Crippen LogP contribution in [0.2, 0.25) is 5.02 Å². The Morgan fingerprint density at radius 2 is 2.27 bits per heavy atom. The van der Waals surface area contributed by atoms with E-state index in [4.69, 9.17) is 22.1 Å². The molecule has 1 atom stereocenters. The van der Waals surface area contributed by atoms with Gasteiger partial charge in [0.15, 0.2) is 5.52 Å². The second-order valence-electron chi connectivity index (χ2n) is 5.72. The monoisotopic (exact) mass is 395 g/mol. The molecule has 2 aromatic heterocycles. The number of ether oxygens (including phenoxy) is 1. The number of hydrogen-bond donors (Lipinski definition) is 4. The number of nitrogens with zero attached hydrogens (tertiary/aromatic N) is 2. The van der Waals surface area contributed by atoms with Crippen molar-refractivity contribution in [3.05, 3.63) is 28.8 Å².